The molecular weight excluding hydrogens is 402 g/mol. The highest BCUT2D eigenvalue weighted by molar-refractivity contribution is 7.99. The van der Waals surface area contributed by atoms with Crippen LogP contribution in [-0.4, -0.2) is 21.7 Å². The van der Waals surface area contributed by atoms with E-state index >= 15 is 0 Å². The van der Waals surface area contributed by atoms with Crippen molar-refractivity contribution in [2.24, 2.45) is 0 Å². The van der Waals surface area contributed by atoms with Crippen LogP contribution in [0.25, 0.3) is 0 Å². The predicted molar refractivity (Wildman–Crippen MR) is 96.5 cm³/mol. The van der Waals surface area contributed by atoms with Gasteiger partial charge in [-0.2, -0.15) is 0 Å². The minimum atomic E-state index is -0.392. The number of hydrogen-bond donors (Lipinski definition) is 0. The molecule has 1 heterocycles. The van der Waals surface area contributed by atoms with E-state index in [2.05, 4.69) is 10.2 Å². The van der Waals surface area contributed by atoms with Gasteiger partial charge in [0.25, 0.3) is 11.1 Å². The quantitative estimate of drug-likeness (QED) is 0.398. The molecule has 0 aliphatic carbocycles. The third-order valence-electron chi connectivity index (χ3n) is 3.19. The zero-order valence-electron chi connectivity index (χ0n) is 13.1. The second-order valence-electron chi connectivity index (χ2n) is 5.04. The Hall–Kier alpha value is -2.09. The molecule has 26 heavy (non-hydrogen) atoms. The lowest BCUT2D eigenvalue weighted by molar-refractivity contribution is 0.102. The van der Waals surface area contributed by atoms with Crippen LogP contribution in [-0.2, 0) is 6.61 Å². The minimum Gasteiger partial charge on any atom is -0.482 e. The smallest absolute Gasteiger partial charge is 0.277 e. The normalized spacial score (nSPS) is 10.7. The molecule has 0 atom stereocenters. The molecule has 3 aromatic rings. The summed E-state index contributed by atoms with van der Waals surface area (Å²) < 4.78 is 23.8. The van der Waals surface area contributed by atoms with E-state index in [0.29, 0.717) is 21.4 Å². The molecule has 0 spiro atoms. The van der Waals surface area contributed by atoms with Crippen molar-refractivity contribution in [1.29, 1.82) is 0 Å². The number of ketones is 1. The summed E-state index contributed by atoms with van der Waals surface area (Å²) in [7, 11) is 0. The van der Waals surface area contributed by atoms with Crippen LogP contribution in [0.3, 0.4) is 0 Å². The molecule has 0 fully saturated rings. The van der Waals surface area contributed by atoms with Crippen LogP contribution in [0.2, 0.25) is 10.0 Å². The van der Waals surface area contributed by atoms with Crippen LogP contribution in [0.5, 0.6) is 5.75 Å². The third kappa shape index (κ3) is 4.97. The Bertz CT molecular complexity index is 919. The van der Waals surface area contributed by atoms with Crippen molar-refractivity contribution >= 4 is 40.7 Å². The van der Waals surface area contributed by atoms with Crippen LogP contribution in [0.1, 0.15) is 16.2 Å². The molecule has 5 nitrogen and oxygen atoms in total. The van der Waals surface area contributed by atoms with Gasteiger partial charge < -0.3 is 9.15 Å². The van der Waals surface area contributed by atoms with Crippen LogP contribution < -0.4 is 4.74 Å². The Morgan fingerprint density at radius 1 is 1.15 bits per heavy atom. The van der Waals surface area contributed by atoms with Gasteiger partial charge in [0.05, 0.1) is 10.8 Å². The van der Waals surface area contributed by atoms with Gasteiger partial charge in [0, 0.05) is 10.6 Å². The number of hydrogen-bond acceptors (Lipinski definition) is 6. The molecule has 0 bridgehead atoms. The Labute approximate surface area is 162 Å². The maximum atomic E-state index is 12.9. The fourth-order valence-corrected chi connectivity index (χ4v) is 3.07. The van der Waals surface area contributed by atoms with Gasteiger partial charge in [-0.15, -0.1) is 10.2 Å². The van der Waals surface area contributed by atoms with Crippen molar-refractivity contribution in [3.05, 3.63) is 69.8 Å². The zero-order chi connectivity index (χ0) is 18.5. The molecule has 0 N–H and O–H groups in total. The van der Waals surface area contributed by atoms with Crippen LogP contribution in [0.4, 0.5) is 4.39 Å². The number of Topliss-reactive ketones (excluding diaryl/α,β-unsaturated/α-hetero) is 1. The molecular formula is C17H11Cl2FN2O3S. The highest BCUT2D eigenvalue weighted by Crippen LogP contribution is 2.28. The largest absolute Gasteiger partial charge is 0.482 e. The lowest BCUT2D eigenvalue weighted by Crippen LogP contribution is -2.02. The lowest BCUT2D eigenvalue weighted by Gasteiger charge is -2.05. The van der Waals surface area contributed by atoms with Gasteiger partial charge in [-0.25, -0.2) is 4.39 Å². The fourth-order valence-electron chi connectivity index (χ4n) is 1.93. The van der Waals surface area contributed by atoms with E-state index in [4.69, 9.17) is 32.4 Å². The van der Waals surface area contributed by atoms with Gasteiger partial charge in [0.1, 0.15) is 11.6 Å². The van der Waals surface area contributed by atoms with Gasteiger partial charge in [-0.1, -0.05) is 35.0 Å². The fraction of sp³-hybridized carbons (Fsp3) is 0.118. The molecule has 0 amide bonds. The maximum absolute atomic E-state index is 12.9. The van der Waals surface area contributed by atoms with E-state index in [1.807, 2.05) is 0 Å². The molecule has 2 aromatic carbocycles. The number of ether oxygens (including phenoxy) is 1. The van der Waals surface area contributed by atoms with Gasteiger partial charge in [0.2, 0.25) is 0 Å². The zero-order valence-corrected chi connectivity index (χ0v) is 15.4. The van der Waals surface area contributed by atoms with E-state index in [0.717, 1.165) is 11.8 Å². The Kier molecular flexibility index (Phi) is 6.13. The van der Waals surface area contributed by atoms with E-state index < -0.39 is 5.82 Å². The number of nitrogens with zero attached hydrogens (tertiary/aromatic N) is 2. The van der Waals surface area contributed by atoms with Crippen LogP contribution in [0.15, 0.2) is 52.1 Å². The summed E-state index contributed by atoms with van der Waals surface area (Å²) in [5, 5.41) is 8.81. The number of aromatic nitrogens is 2. The minimum absolute atomic E-state index is 0.0286. The van der Waals surface area contributed by atoms with E-state index in [9.17, 15) is 9.18 Å². The third-order valence-corrected chi connectivity index (χ3v) is 4.54. The average Bonchev–Trinajstić information content (AvgIpc) is 3.07. The maximum Gasteiger partial charge on any atom is 0.277 e. The first-order chi connectivity index (χ1) is 12.5. The molecule has 9 heteroatoms. The highest BCUT2D eigenvalue weighted by Gasteiger charge is 2.12. The van der Waals surface area contributed by atoms with Crippen molar-refractivity contribution in [3.8, 4) is 5.75 Å². The van der Waals surface area contributed by atoms with E-state index in [1.54, 1.807) is 18.2 Å². The molecule has 0 saturated heterocycles. The molecule has 0 radical (unpaired) electrons. The SMILES string of the molecule is O=C(CSc1nnc(COc2ccc(Cl)cc2Cl)o1)c1ccc(F)cc1. The standard InChI is InChI=1S/C17H11Cl2FN2O3S/c18-11-3-6-15(13(19)7-11)24-8-16-21-22-17(25-16)26-9-14(23)10-1-4-12(20)5-2-10/h1-7H,8-9H2. The summed E-state index contributed by atoms with van der Waals surface area (Å²) >= 11 is 12.9. The van der Waals surface area contributed by atoms with Crippen molar-refractivity contribution < 1.29 is 18.3 Å². The lowest BCUT2D eigenvalue weighted by atomic mass is 10.1. The van der Waals surface area contributed by atoms with Crippen molar-refractivity contribution in [1.82, 2.24) is 10.2 Å². The van der Waals surface area contributed by atoms with Crippen molar-refractivity contribution in [2.75, 3.05) is 5.75 Å². The summed E-state index contributed by atoms with van der Waals surface area (Å²) in [6, 6.07) is 10.2. The highest BCUT2D eigenvalue weighted by atomic mass is 35.5. The molecule has 0 unspecified atom stereocenters. The number of benzene rings is 2. The van der Waals surface area contributed by atoms with Gasteiger partial charge in [-0.3, -0.25) is 4.79 Å². The number of carbonyl (C=O) groups is 1. The van der Waals surface area contributed by atoms with Crippen molar-refractivity contribution in [2.45, 2.75) is 11.8 Å². The summed E-state index contributed by atoms with van der Waals surface area (Å²) in [5.74, 6) is 0.218. The Balaban J connectivity index is 1.53. The topological polar surface area (TPSA) is 65.2 Å². The summed E-state index contributed by atoms with van der Waals surface area (Å²) in [4.78, 5) is 12.0. The molecule has 1 aromatic heterocycles. The number of carbonyl (C=O) groups excluding carboxylic acids is 1. The molecule has 0 saturated carbocycles. The summed E-state index contributed by atoms with van der Waals surface area (Å²) in [5.41, 5.74) is 0.416. The second kappa shape index (κ2) is 8.53. The monoisotopic (exact) mass is 412 g/mol. The average molecular weight is 413 g/mol. The first-order valence-electron chi connectivity index (χ1n) is 7.33. The first-order valence-corrected chi connectivity index (χ1v) is 9.07. The van der Waals surface area contributed by atoms with E-state index in [1.165, 1.54) is 24.3 Å². The first kappa shape index (κ1) is 18.7. The van der Waals surface area contributed by atoms with Gasteiger partial charge in [-0.05, 0) is 42.5 Å². The second-order valence-corrected chi connectivity index (χ2v) is 6.81. The molecule has 0 aliphatic heterocycles. The van der Waals surface area contributed by atoms with Gasteiger partial charge >= 0.3 is 0 Å². The van der Waals surface area contributed by atoms with Gasteiger partial charge in [0.15, 0.2) is 12.4 Å². The van der Waals surface area contributed by atoms with Crippen LogP contribution in [0, 0.1) is 5.82 Å². The number of halogens is 3. The number of thioether (sulfide) groups is 1. The molecule has 3 rings (SSSR count). The van der Waals surface area contributed by atoms with E-state index in [-0.39, 0.29) is 29.3 Å². The summed E-state index contributed by atoms with van der Waals surface area (Å²) in [6.45, 7) is 0.0286. The number of rotatable bonds is 7. The Morgan fingerprint density at radius 2 is 1.92 bits per heavy atom. The Morgan fingerprint density at radius 3 is 2.65 bits per heavy atom. The van der Waals surface area contributed by atoms with Crippen molar-refractivity contribution in [3.63, 3.8) is 0 Å². The molecule has 0 aliphatic rings. The predicted octanol–water partition coefficient (Wildman–Crippen LogP) is 5.07. The van der Waals surface area contributed by atoms with Crippen LogP contribution >= 0.6 is 35.0 Å². The summed E-state index contributed by atoms with van der Waals surface area (Å²) in [6.07, 6.45) is 0. The molecule has 134 valence electrons.